The average molecular weight is 625 g/mol. The van der Waals surface area contributed by atoms with Crippen LogP contribution in [0.25, 0.3) is 20.8 Å². The third-order valence-corrected chi connectivity index (χ3v) is 11.9. The zero-order valence-corrected chi connectivity index (χ0v) is 25.9. The first-order chi connectivity index (χ1) is 20.2. The van der Waals surface area contributed by atoms with Crippen LogP contribution in [-0.4, -0.2) is 67.8 Å². The summed E-state index contributed by atoms with van der Waals surface area (Å²) in [6.45, 7) is 4.33. The second-order valence-electron chi connectivity index (χ2n) is 10.6. The monoisotopic (exact) mass is 624 g/mol. The lowest BCUT2D eigenvalue weighted by molar-refractivity contribution is -0.149. The summed E-state index contributed by atoms with van der Waals surface area (Å²) in [6, 6.07) is 14.1. The number of nitrogens with one attached hydrogen (secondary N) is 1. The van der Waals surface area contributed by atoms with Crippen molar-refractivity contribution in [2.24, 2.45) is 5.92 Å². The SMILES string of the molecule is CCOC(=O)C1CCN(S(=O)(=O)c2ccc(C(=O)Nc3sc4c(c3-c3nc5ccccc5s3)CCN(C)C4)cc2)CC1. The van der Waals surface area contributed by atoms with Crippen molar-refractivity contribution in [3.63, 3.8) is 0 Å². The molecule has 2 aliphatic heterocycles. The van der Waals surface area contributed by atoms with Crippen molar-refractivity contribution in [2.75, 3.05) is 38.6 Å². The third kappa shape index (κ3) is 5.61. The van der Waals surface area contributed by atoms with E-state index in [1.165, 1.54) is 26.9 Å². The summed E-state index contributed by atoms with van der Waals surface area (Å²) in [7, 11) is -1.65. The molecule has 2 aromatic carbocycles. The van der Waals surface area contributed by atoms with Crippen molar-refractivity contribution in [3.8, 4) is 10.6 Å². The molecule has 220 valence electrons. The van der Waals surface area contributed by atoms with E-state index in [1.807, 2.05) is 18.2 Å². The van der Waals surface area contributed by atoms with E-state index < -0.39 is 10.0 Å². The number of ether oxygens (including phenoxy) is 1. The van der Waals surface area contributed by atoms with Gasteiger partial charge in [0.05, 0.1) is 27.6 Å². The number of rotatable bonds is 7. The van der Waals surface area contributed by atoms with E-state index in [2.05, 4.69) is 23.3 Å². The second-order valence-corrected chi connectivity index (χ2v) is 14.7. The number of hydrogen-bond acceptors (Lipinski definition) is 9. The zero-order chi connectivity index (χ0) is 29.4. The topological polar surface area (TPSA) is 109 Å². The molecule has 2 aliphatic rings. The highest BCUT2D eigenvalue weighted by atomic mass is 32.2. The van der Waals surface area contributed by atoms with E-state index in [0.29, 0.717) is 25.0 Å². The number of sulfonamides is 1. The first-order valence-corrected chi connectivity index (χ1v) is 17.1. The minimum Gasteiger partial charge on any atom is -0.466 e. The minimum absolute atomic E-state index is 0.124. The third-order valence-electron chi connectivity index (χ3n) is 7.81. The summed E-state index contributed by atoms with van der Waals surface area (Å²) < 4.78 is 34.1. The fourth-order valence-electron chi connectivity index (χ4n) is 5.52. The summed E-state index contributed by atoms with van der Waals surface area (Å²) >= 11 is 3.20. The van der Waals surface area contributed by atoms with Crippen LogP contribution in [0.2, 0.25) is 0 Å². The Balaban J connectivity index is 1.21. The van der Waals surface area contributed by atoms with Crippen LogP contribution in [-0.2, 0) is 32.5 Å². The molecular formula is C30H32N4O5S3. The van der Waals surface area contributed by atoms with E-state index in [1.54, 1.807) is 41.7 Å². The number of carbonyl (C=O) groups excluding carboxylic acids is 2. The number of aromatic nitrogens is 1. The maximum absolute atomic E-state index is 13.4. The Morgan fingerprint density at radius 1 is 1.05 bits per heavy atom. The normalized spacial score (nSPS) is 16.8. The van der Waals surface area contributed by atoms with Crippen LogP contribution >= 0.6 is 22.7 Å². The molecule has 0 saturated carbocycles. The lowest BCUT2D eigenvalue weighted by Gasteiger charge is -2.30. The molecule has 0 aliphatic carbocycles. The van der Waals surface area contributed by atoms with Crippen molar-refractivity contribution in [1.82, 2.24) is 14.2 Å². The number of thiazole rings is 1. The van der Waals surface area contributed by atoms with Crippen LogP contribution in [0.1, 0.15) is 40.6 Å². The number of thiophene rings is 1. The van der Waals surface area contributed by atoms with Gasteiger partial charge in [0.1, 0.15) is 10.0 Å². The highest BCUT2D eigenvalue weighted by molar-refractivity contribution is 7.89. The van der Waals surface area contributed by atoms with E-state index in [9.17, 15) is 18.0 Å². The fourth-order valence-corrected chi connectivity index (χ4v) is 9.42. The number of nitrogens with zero attached hydrogens (tertiary/aromatic N) is 3. The molecule has 42 heavy (non-hydrogen) atoms. The van der Waals surface area contributed by atoms with Gasteiger partial charge < -0.3 is 15.0 Å². The van der Waals surface area contributed by atoms with Gasteiger partial charge in [-0.25, -0.2) is 13.4 Å². The minimum atomic E-state index is -3.75. The van der Waals surface area contributed by atoms with Gasteiger partial charge in [0.25, 0.3) is 5.91 Å². The number of likely N-dealkylation sites (N-methyl/N-ethyl adjacent to an activating group) is 1. The molecular weight excluding hydrogens is 593 g/mol. The molecule has 4 aromatic rings. The van der Waals surface area contributed by atoms with E-state index in [4.69, 9.17) is 9.72 Å². The average Bonchev–Trinajstić information content (AvgIpc) is 3.57. The van der Waals surface area contributed by atoms with E-state index in [0.717, 1.165) is 45.3 Å². The molecule has 9 nitrogen and oxygen atoms in total. The largest absolute Gasteiger partial charge is 0.466 e. The quantitative estimate of drug-likeness (QED) is 0.281. The van der Waals surface area contributed by atoms with Crippen molar-refractivity contribution in [3.05, 3.63) is 64.5 Å². The molecule has 0 atom stereocenters. The Labute approximate surface area is 253 Å². The molecule has 1 fully saturated rings. The van der Waals surface area contributed by atoms with Gasteiger partial charge in [-0.15, -0.1) is 22.7 Å². The van der Waals surface area contributed by atoms with Crippen molar-refractivity contribution in [2.45, 2.75) is 37.6 Å². The molecule has 0 spiro atoms. The highest BCUT2D eigenvalue weighted by Crippen LogP contribution is 2.45. The highest BCUT2D eigenvalue weighted by Gasteiger charge is 2.33. The van der Waals surface area contributed by atoms with Gasteiger partial charge in [0.2, 0.25) is 10.0 Å². The molecule has 4 heterocycles. The summed E-state index contributed by atoms with van der Waals surface area (Å²) in [6.07, 6.45) is 1.74. The number of benzene rings is 2. The van der Waals surface area contributed by atoms with Crippen molar-refractivity contribution >= 4 is 59.8 Å². The lowest BCUT2D eigenvalue weighted by Crippen LogP contribution is -2.40. The van der Waals surface area contributed by atoms with E-state index >= 15 is 0 Å². The Hall–Kier alpha value is -3.16. The van der Waals surface area contributed by atoms with Crippen LogP contribution in [0.3, 0.4) is 0 Å². The molecule has 0 bridgehead atoms. The van der Waals surface area contributed by atoms with Crippen LogP contribution in [0.5, 0.6) is 0 Å². The predicted molar refractivity (Wildman–Crippen MR) is 165 cm³/mol. The lowest BCUT2D eigenvalue weighted by atomic mass is 9.98. The van der Waals surface area contributed by atoms with Crippen LogP contribution in [0, 0.1) is 5.92 Å². The smallest absolute Gasteiger partial charge is 0.309 e. The molecule has 1 N–H and O–H groups in total. The Morgan fingerprint density at radius 2 is 1.79 bits per heavy atom. The molecule has 0 radical (unpaired) electrons. The summed E-state index contributed by atoms with van der Waals surface area (Å²) in [5.74, 6) is -0.850. The second kappa shape index (κ2) is 11.8. The predicted octanol–water partition coefficient (Wildman–Crippen LogP) is 5.23. The number of amides is 1. The maximum atomic E-state index is 13.4. The standard InChI is InChI=1S/C30H32N4O5S3/c1-3-39-30(36)20-12-16-34(17-13-20)42(37,38)21-10-8-19(9-11-21)27(35)32-29-26(22-14-15-33(2)18-25(22)41-29)28-31-23-6-4-5-7-24(23)40-28/h4-11,20H,3,12-18H2,1-2H3,(H,32,35). The first-order valence-electron chi connectivity index (χ1n) is 14.0. The van der Waals surface area contributed by atoms with Gasteiger partial charge >= 0.3 is 5.97 Å². The van der Waals surface area contributed by atoms with Gasteiger partial charge in [-0.2, -0.15) is 4.31 Å². The number of fused-ring (bicyclic) bond motifs is 2. The number of para-hydroxylation sites is 1. The fraction of sp³-hybridized carbons (Fsp3) is 0.367. The summed E-state index contributed by atoms with van der Waals surface area (Å²) in [4.78, 5) is 34.0. The summed E-state index contributed by atoms with van der Waals surface area (Å²) in [5.41, 5.74) is 3.53. The van der Waals surface area contributed by atoms with Gasteiger partial charge in [-0.05, 0) is 75.2 Å². The van der Waals surface area contributed by atoms with Crippen LogP contribution in [0.15, 0.2) is 53.4 Å². The number of esters is 1. The van der Waals surface area contributed by atoms with Gasteiger partial charge in [-0.3, -0.25) is 9.59 Å². The Morgan fingerprint density at radius 3 is 2.50 bits per heavy atom. The maximum Gasteiger partial charge on any atom is 0.309 e. The Bertz CT molecular complexity index is 1710. The first kappa shape index (κ1) is 28.9. The van der Waals surface area contributed by atoms with Crippen molar-refractivity contribution in [1.29, 1.82) is 0 Å². The molecule has 1 saturated heterocycles. The van der Waals surface area contributed by atoms with Crippen LogP contribution < -0.4 is 5.32 Å². The zero-order valence-electron chi connectivity index (χ0n) is 23.5. The molecule has 12 heteroatoms. The number of carbonyl (C=O) groups is 2. The number of hydrogen-bond donors (Lipinski definition) is 1. The van der Waals surface area contributed by atoms with Crippen LogP contribution in [0.4, 0.5) is 5.00 Å². The summed E-state index contributed by atoms with van der Waals surface area (Å²) in [5, 5.41) is 4.77. The molecule has 6 rings (SSSR count). The van der Waals surface area contributed by atoms with Gasteiger partial charge in [0, 0.05) is 42.2 Å². The van der Waals surface area contributed by atoms with Crippen molar-refractivity contribution < 1.29 is 22.7 Å². The number of piperidine rings is 1. The van der Waals surface area contributed by atoms with E-state index in [-0.39, 0.29) is 35.8 Å². The molecule has 1 amide bonds. The van der Waals surface area contributed by atoms with Gasteiger partial charge in [0.15, 0.2) is 0 Å². The molecule has 0 unspecified atom stereocenters. The Kier molecular flexibility index (Phi) is 8.16. The molecule has 2 aromatic heterocycles. The number of anilines is 1. The van der Waals surface area contributed by atoms with Gasteiger partial charge in [-0.1, -0.05) is 12.1 Å².